The molecule has 2 rings (SSSR count). The first-order valence-corrected chi connectivity index (χ1v) is 8.42. The number of nitrogens with zero attached hydrogens (tertiary/aromatic N) is 1. The van der Waals surface area contributed by atoms with E-state index in [-0.39, 0.29) is 17.4 Å². The molecule has 0 aliphatic carbocycles. The van der Waals surface area contributed by atoms with Crippen LogP contribution in [-0.4, -0.2) is 36.4 Å². The molecule has 0 saturated carbocycles. The summed E-state index contributed by atoms with van der Waals surface area (Å²) < 4.78 is 27.0. The molecule has 0 amide bonds. The van der Waals surface area contributed by atoms with Crippen LogP contribution < -0.4 is 0 Å². The standard InChI is InChI=1S/C15H21NO4S/c1-9-7-11(3)14(12(4)8-9)21(19,20)16-6-5-10(2)13(16)15(17)18/h7-8,10,13H,5-6H2,1-4H3,(H,17,18). The Morgan fingerprint density at radius 3 is 2.24 bits per heavy atom. The van der Waals surface area contributed by atoms with Crippen LogP contribution in [0.4, 0.5) is 0 Å². The van der Waals surface area contributed by atoms with Crippen LogP contribution in [0, 0.1) is 26.7 Å². The number of hydrogen-bond donors (Lipinski definition) is 1. The van der Waals surface area contributed by atoms with Crippen LogP contribution >= 0.6 is 0 Å². The first kappa shape index (κ1) is 16.0. The van der Waals surface area contributed by atoms with Gasteiger partial charge in [-0.15, -0.1) is 0 Å². The molecule has 1 saturated heterocycles. The predicted octanol–water partition coefficient (Wildman–Crippen LogP) is 2.10. The van der Waals surface area contributed by atoms with E-state index in [1.54, 1.807) is 20.8 Å². The van der Waals surface area contributed by atoms with Gasteiger partial charge in [0.2, 0.25) is 10.0 Å². The fourth-order valence-corrected chi connectivity index (χ4v) is 5.35. The lowest BCUT2D eigenvalue weighted by atomic mass is 10.0. The van der Waals surface area contributed by atoms with Crippen molar-refractivity contribution >= 4 is 16.0 Å². The highest BCUT2D eigenvalue weighted by Gasteiger charge is 2.44. The van der Waals surface area contributed by atoms with Gasteiger partial charge in [-0.25, -0.2) is 8.42 Å². The smallest absolute Gasteiger partial charge is 0.322 e. The monoisotopic (exact) mass is 311 g/mol. The number of hydrogen-bond acceptors (Lipinski definition) is 3. The number of carbonyl (C=O) groups is 1. The van der Waals surface area contributed by atoms with Gasteiger partial charge in [-0.1, -0.05) is 24.6 Å². The molecule has 0 spiro atoms. The maximum atomic E-state index is 12.9. The van der Waals surface area contributed by atoms with Crippen molar-refractivity contribution in [1.82, 2.24) is 4.31 Å². The Bertz CT molecular complexity index is 658. The van der Waals surface area contributed by atoms with E-state index in [0.29, 0.717) is 17.5 Å². The van der Waals surface area contributed by atoms with Gasteiger partial charge in [0.1, 0.15) is 6.04 Å². The van der Waals surface area contributed by atoms with E-state index in [1.165, 1.54) is 0 Å². The van der Waals surface area contributed by atoms with Crippen LogP contribution in [0.15, 0.2) is 17.0 Å². The summed E-state index contributed by atoms with van der Waals surface area (Å²) in [6.07, 6.45) is 0.570. The first-order valence-electron chi connectivity index (χ1n) is 6.98. The van der Waals surface area contributed by atoms with Crippen molar-refractivity contribution in [2.75, 3.05) is 6.54 Å². The van der Waals surface area contributed by atoms with Crippen LogP contribution in [0.1, 0.15) is 30.0 Å². The fourth-order valence-electron chi connectivity index (χ4n) is 3.24. The largest absolute Gasteiger partial charge is 0.480 e. The molecule has 1 fully saturated rings. The summed E-state index contributed by atoms with van der Waals surface area (Å²) in [5.41, 5.74) is 2.32. The molecular formula is C15H21NO4S. The molecule has 1 aliphatic heterocycles. The van der Waals surface area contributed by atoms with Crippen molar-refractivity contribution in [2.24, 2.45) is 5.92 Å². The Labute approximate surface area is 125 Å². The SMILES string of the molecule is Cc1cc(C)c(S(=O)(=O)N2CCC(C)C2C(=O)O)c(C)c1. The Morgan fingerprint density at radius 2 is 1.76 bits per heavy atom. The zero-order valence-corrected chi connectivity index (χ0v) is 13.6. The molecule has 0 radical (unpaired) electrons. The molecule has 116 valence electrons. The lowest BCUT2D eigenvalue weighted by Crippen LogP contribution is -2.43. The molecule has 1 N–H and O–H groups in total. The van der Waals surface area contributed by atoms with E-state index in [0.717, 1.165) is 9.87 Å². The van der Waals surface area contributed by atoms with Crippen LogP contribution in [0.5, 0.6) is 0 Å². The van der Waals surface area contributed by atoms with Gasteiger partial charge in [0.05, 0.1) is 4.90 Å². The van der Waals surface area contributed by atoms with Gasteiger partial charge in [-0.2, -0.15) is 4.31 Å². The average Bonchev–Trinajstić information content (AvgIpc) is 2.69. The molecule has 6 heteroatoms. The van der Waals surface area contributed by atoms with Crippen molar-refractivity contribution in [2.45, 2.75) is 45.1 Å². The number of carboxylic acids is 1. The highest BCUT2D eigenvalue weighted by molar-refractivity contribution is 7.89. The van der Waals surface area contributed by atoms with Crippen LogP contribution in [0.25, 0.3) is 0 Å². The van der Waals surface area contributed by atoms with Gasteiger partial charge in [0, 0.05) is 6.54 Å². The zero-order valence-electron chi connectivity index (χ0n) is 12.8. The van der Waals surface area contributed by atoms with Crippen LogP contribution in [0.3, 0.4) is 0 Å². The summed E-state index contributed by atoms with van der Waals surface area (Å²) in [4.78, 5) is 11.7. The number of rotatable bonds is 3. The number of aryl methyl sites for hydroxylation is 3. The van der Waals surface area contributed by atoms with Gasteiger partial charge in [-0.05, 0) is 44.2 Å². The zero-order chi connectivity index (χ0) is 15.9. The number of benzene rings is 1. The van der Waals surface area contributed by atoms with E-state index in [2.05, 4.69) is 0 Å². The second-order valence-electron chi connectivity index (χ2n) is 5.89. The van der Waals surface area contributed by atoms with Gasteiger partial charge >= 0.3 is 5.97 Å². The average molecular weight is 311 g/mol. The summed E-state index contributed by atoms with van der Waals surface area (Å²) >= 11 is 0. The second kappa shape index (κ2) is 5.42. The molecule has 1 aromatic rings. The Balaban J connectivity index is 2.55. The van der Waals surface area contributed by atoms with E-state index in [9.17, 15) is 18.3 Å². The van der Waals surface area contributed by atoms with Gasteiger partial charge in [0.25, 0.3) is 0 Å². The third-order valence-corrected chi connectivity index (χ3v) is 6.27. The van der Waals surface area contributed by atoms with E-state index in [4.69, 9.17) is 0 Å². The molecular weight excluding hydrogens is 290 g/mol. The summed E-state index contributed by atoms with van der Waals surface area (Å²) in [7, 11) is -3.79. The lowest BCUT2D eigenvalue weighted by molar-refractivity contribution is -0.141. The summed E-state index contributed by atoms with van der Waals surface area (Å²) in [6.45, 7) is 7.45. The molecule has 1 aliphatic rings. The van der Waals surface area contributed by atoms with E-state index >= 15 is 0 Å². The highest BCUT2D eigenvalue weighted by atomic mass is 32.2. The second-order valence-corrected chi connectivity index (χ2v) is 7.72. The summed E-state index contributed by atoms with van der Waals surface area (Å²) in [5.74, 6) is -1.26. The lowest BCUT2D eigenvalue weighted by Gasteiger charge is -2.24. The molecule has 2 atom stereocenters. The molecule has 0 bridgehead atoms. The first-order chi connectivity index (χ1) is 9.66. The quantitative estimate of drug-likeness (QED) is 0.927. The van der Waals surface area contributed by atoms with Gasteiger partial charge < -0.3 is 5.11 Å². The minimum Gasteiger partial charge on any atom is -0.480 e. The molecule has 21 heavy (non-hydrogen) atoms. The van der Waals surface area contributed by atoms with Crippen molar-refractivity contribution in [3.63, 3.8) is 0 Å². The van der Waals surface area contributed by atoms with Crippen molar-refractivity contribution in [3.8, 4) is 0 Å². The third kappa shape index (κ3) is 2.70. The predicted molar refractivity (Wildman–Crippen MR) is 79.7 cm³/mol. The normalized spacial score (nSPS) is 23.4. The molecule has 1 aromatic carbocycles. The van der Waals surface area contributed by atoms with Crippen molar-refractivity contribution in [3.05, 3.63) is 28.8 Å². The van der Waals surface area contributed by atoms with E-state index in [1.807, 2.05) is 19.1 Å². The number of sulfonamides is 1. The third-order valence-electron chi connectivity index (χ3n) is 4.08. The maximum absolute atomic E-state index is 12.9. The highest BCUT2D eigenvalue weighted by Crippen LogP contribution is 2.33. The minimum atomic E-state index is -3.79. The van der Waals surface area contributed by atoms with Gasteiger partial charge in [-0.3, -0.25) is 4.79 Å². The molecule has 5 nitrogen and oxygen atoms in total. The molecule has 2 unspecified atom stereocenters. The maximum Gasteiger partial charge on any atom is 0.322 e. The Hall–Kier alpha value is -1.40. The Kier molecular flexibility index (Phi) is 4.13. The number of aliphatic carboxylic acids is 1. The summed E-state index contributed by atoms with van der Waals surface area (Å²) in [6, 6.07) is 2.65. The van der Waals surface area contributed by atoms with Crippen molar-refractivity contribution < 1.29 is 18.3 Å². The van der Waals surface area contributed by atoms with Crippen LogP contribution in [-0.2, 0) is 14.8 Å². The van der Waals surface area contributed by atoms with Crippen molar-refractivity contribution in [1.29, 1.82) is 0 Å². The Morgan fingerprint density at radius 1 is 1.24 bits per heavy atom. The number of carboxylic acid groups (broad SMARTS) is 1. The van der Waals surface area contributed by atoms with E-state index < -0.39 is 22.0 Å². The van der Waals surface area contributed by atoms with Crippen LogP contribution in [0.2, 0.25) is 0 Å². The topological polar surface area (TPSA) is 74.7 Å². The summed E-state index contributed by atoms with van der Waals surface area (Å²) in [5, 5.41) is 9.34. The molecule has 0 aromatic heterocycles. The van der Waals surface area contributed by atoms with Gasteiger partial charge in [0.15, 0.2) is 0 Å². The minimum absolute atomic E-state index is 0.177. The fraction of sp³-hybridized carbons (Fsp3) is 0.533. The molecule has 1 heterocycles.